The van der Waals surface area contributed by atoms with Crippen molar-refractivity contribution in [2.45, 2.75) is 52.4 Å². The first-order valence-corrected chi connectivity index (χ1v) is 11.0. The van der Waals surface area contributed by atoms with Gasteiger partial charge in [0.25, 0.3) is 0 Å². The fraction of sp³-hybridized carbons (Fsp3) is 0.636. The van der Waals surface area contributed by atoms with Crippen molar-refractivity contribution in [1.82, 2.24) is 31.0 Å². The normalized spacial score (nSPS) is 24.9. The van der Waals surface area contributed by atoms with Crippen molar-refractivity contribution in [2.24, 2.45) is 11.8 Å². The van der Waals surface area contributed by atoms with E-state index >= 15 is 0 Å². The highest BCUT2D eigenvalue weighted by atomic mass is 35.5. The highest BCUT2D eigenvalue weighted by Gasteiger charge is 2.26. The van der Waals surface area contributed by atoms with E-state index in [1.807, 2.05) is 12.1 Å². The Hall–Kier alpha value is -1.74. The van der Waals surface area contributed by atoms with Gasteiger partial charge in [-0.1, -0.05) is 13.8 Å². The molecular formula is C22H38Cl2N8. The lowest BCUT2D eigenvalue weighted by molar-refractivity contribution is 0.341. The summed E-state index contributed by atoms with van der Waals surface area (Å²) in [5.74, 6) is 3.32. The molecule has 32 heavy (non-hydrogen) atoms. The zero-order chi connectivity index (χ0) is 21.7. The van der Waals surface area contributed by atoms with E-state index in [0.717, 1.165) is 50.4 Å². The summed E-state index contributed by atoms with van der Waals surface area (Å²) in [6, 6.07) is 3.83. The van der Waals surface area contributed by atoms with Crippen LogP contribution in [0.4, 0.5) is 11.6 Å². The topological polar surface area (TPSA) is 128 Å². The molecule has 10 heteroatoms. The first-order valence-electron chi connectivity index (χ1n) is 11.0. The Morgan fingerprint density at radius 2 is 1.09 bits per heavy atom. The molecule has 2 aromatic rings. The van der Waals surface area contributed by atoms with Gasteiger partial charge in [-0.3, -0.25) is 0 Å². The van der Waals surface area contributed by atoms with Gasteiger partial charge in [-0.05, 0) is 88.0 Å². The maximum atomic E-state index is 5.61. The second-order valence-electron chi connectivity index (χ2n) is 8.83. The maximum Gasteiger partial charge on any atom is 0.146 e. The number of nitrogen functional groups attached to an aromatic ring is 2. The van der Waals surface area contributed by atoms with Crippen LogP contribution < -0.4 is 22.1 Å². The molecule has 0 aliphatic carbocycles. The molecule has 6 N–H and O–H groups in total. The zero-order valence-electron chi connectivity index (χ0n) is 19.5. The first kappa shape index (κ1) is 28.3. The van der Waals surface area contributed by atoms with E-state index in [-0.39, 0.29) is 24.8 Å². The molecule has 2 saturated heterocycles. The van der Waals surface area contributed by atoms with Gasteiger partial charge >= 0.3 is 0 Å². The van der Waals surface area contributed by atoms with Crippen LogP contribution in [0.3, 0.4) is 0 Å². The molecule has 2 fully saturated rings. The molecule has 0 saturated carbocycles. The maximum absolute atomic E-state index is 5.61. The van der Waals surface area contributed by atoms with Crippen LogP contribution in [0, 0.1) is 25.7 Å². The number of rotatable bonds is 2. The number of piperidine rings is 2. The summed E-state index contributed by atoms with van der Waals surface area (Å²) in [4.78, 5) is 0. The SMILES string of the molecule is Cc1cc(N)nnc1[C@H]1CCNC[C@H]1C.Cc1cc(N)nnc1[C@H]1CCNC[C@H]1C.Cl.Cl. The second-order valence-corrected chi connectivity index (χ2v) is 8.83. The number of aromatic nitrogens is 4. The van der Waals surface area contributed by atoms with Gasteiger partial charge in [-0.15, -0.1) is 35.0 Å². The molecule has 2 aliphatic heterocycles. The fourth-order valence-electron chi connectivity index (χ4n) is 4.60. The lowest BCUT2D eigenvalue weighted by Crippen LogP contribution is -2.34. The smallest absolute Gasteiger partial charge is 0.146 e. The Balaban J connectivity index is 0.000000301. The molecule has 8 nitrogen and oxygen atoms in total. The third kappa shape index (κ3) is 7.13. The van der Waals surface area contributed by atoms with Crippen LogP contribution in [0.5, 0.6) is 0 Å². The number of halogens is 2. The van der Waals surface area contributed by atoms with Crippen LogP contribution in [0.1, 0.15) is 61.0 Å². The Bertz CT molecular complexity index is 781. The molecule has 180 valence electrons. The van der Waals surface area contributed by atoms with Crippen molar-refractivity contribution < 1.29 is 0 Å². The molecule has 4 heterocycles. The van der Waals surface area contributed by atoms with E-state index in [9.17, 15) is 0 Å². The van der Waals surface area contributed by atoms with Gasteiger partial charge in [0.15, 0.2) is 0 Å². The molecule has 2 aromatic heterocycles. The summed E-state index contributed by atoms with van der Waals surface area (Å²) in [6.45, 7) is 12.9. The Morgan fingerprint density at radius 3 is 1.41 bits per heavy atom. The molecule has 0 spiro atoms. The number of nitrogens with one attached hydrogen (secondary N) is 2. The summed E-state index contributed by atoms with van der Waals surface area (Å²) in [5, 5.41) is 23.2. The largest absolute Gasteiger partial charge is 0.382 e. The van der Waals surface area contributed by atoms with Crippen molar-refractivity contribution in [1.29, 1.82) is 0 Å². The van der Waals surface area contributed by atoms with Gasteiger partial charge < -0.3 is 22.1 Å². The van der Waals surface area contributed by atoms with E-state index in [4.69, 9.17) is 11.5 Å². The average molecular weight is 486 g/mol. The van der Waals surface area contributed by atoms with Crippen molar-refractivity contribution in [2.75, 3.05) is 37.6 Å². The van der Waals surface area contributed by atoms with Crippen LogP contribution in [-0.4, -0.2) is 46.6 Å². The van der Waals surface area contributed by atoms with Crippen molar-refractivity contribution >= 4 is 36.4 Å². The Morgan fingerprint density at radius 1 is 0.719 bits per heavy atom. The third-order valence-electron chi connectivity index (χ3n) is 6.36. The van der Waals surface area contributed by atoms with Crippen molar-refractivity contribution in [3.05, 3.63) is 34.6 Å². The highest BCUT2D eigenvalue weighted by Crippen LogP contribution is 2.31. The first-order chi connectivity index (χ1) is 14.4. The molecule has 4 rings (SSSR count). The van der Waals surface area contributed by atoms with Crippen LogP contribution in [0.25, 0.3) is 0 Å². The number of hydrogen-bond acceptors (Lipinski definition) is 8. The summed E-state index contributed by atoms with van der Waals surface area (Å²) in [6.07, 6.45) is 2.28. The Kier molecular flexibility index (Phi) is 11.6. The summed E-state index contributed by atoms with van der Waals surface area (Å²) in [7, 11) is 0. The van der Waals surface area contributed by atoms with Gasteiger partial charge in [0, 0.05) is 11.8 Å². The average Bonchev–Trinajstić information content (AvgIpc) is 2.70. The number of nitrogens with two attached hydrogens (primary N) is 2. The Labute approximate surface area is 203 Å². The van der Waals surface area contributed by atoms with Crippen LogP contribution in [0.15, 0.2) is 12.1 Å². The van der Waals surface area contributed by atoms with Gasteiger partial charge in [-0.25, -0.2) is 0 Å². The fourth-order valence-corrected chi connectivity index (χ4v) is 4.60. The molecular weight excluding hydrogens is 447 g/mol. The molecule has 4 atom stereocenters. The van der Waals surface area contributed by atoms with Gasteiger partial charge in [0.2, 0.25) is 0 Å². The number of anilines is 2. The van der Waals surface area contributed by atoms with E-state index < -0.39 is 0 Å². The minimum absolute atomic E-state index is 0. The third-order valence-corrected chi connectivity index (χ3v) is 6.36. The monoisotopic (exact) mass is 484 g/mol. The lowest BCUT2D eigenvalue weighted by Gasteiger charge is -2.29. The zero-order valence-corrected chi connectivity index (χ0v) is 21.1. The quantitative estimate of drug-likeness (QED) is 0.511. The summed E-state index contributed by atoms with van der Waals surface area (Å²) >= 11 is 0. The van der Waals surface area contributed by atoms with E-state index in [1.165, 1.54) is 11.1 Å². The molecule has 0 bridgehead atoms. The number of aryl methyl sites for hydroxylation is 2. The van der Waals surface area contributed by atoms with E-state index in [0.29, 0.717) is 35.3 Å². The molecule has 2 aliphatic rings. The van der Waals surface area contributed by atoms with Crippen LogP contribution >= 0.6 is 24.8 Å². The molecule has 0 radical (unpaired) electrons. The molecule has 0 aromatic carbocycles. The molecule has 0 amide bonds. The standard InChI is InChI=1S/2C11H18N4.2ClH/c2*1-7-5-10(12)14-15-11(7)9-3-4-13-6-8(9)2;;/h2*5,8-9,13H,3-4,6H2,1-2H3,(H2,12,14);2*1H/t2*8-,9+;;/m11../s1. The predicted octanol–water partition coefficient (Wildman–Crippen LogP) is 3.00. The van der Waals surface area contributed by atoms with E-state index in [2.05, 4.69) is 58.7 Å². The number of nitrogens with zero attached hydrogens (tertiary/aromatic N) is 4. The van der Waals surface area contributed by atoms with Gasteiger partial charge in [0.05, 0.1) is 11.4 Å². The minimum Gasteiger partial charge on any atom is -0.382 e. The second kappa shape index (κ2) is 13.1. The highest BCUT2D eigenvalue weighted by molar-refractivity contribution is 5.85. The van der Waals surface area contributed by atoms with Crippen LogP contribution in [0.2, 0.25) is 0 Å². The minimum atomic E-state index is 0. The van der Waals surface area contributed by atoms with E-state index in [1.54, 1.807) is 0 Å². The molecule has 0 unspecified atom stereocenters. The van der Waals surface area contributed by atoms with Crippen molar-refractivity contribution in [3.8, 4) is 0 Å². The predicted molar refractivity (Wildman–Crippen MR) is 136 cm³/mol. The summed E-state index contributed by atoms with van der Waals surface area (Å²) in [5.41, 5.74) is 15.8. The van der Waals surface area contributed by atoms with Crippen molar-refractivity contribution in [3.63, 3.8) is 0 Å². The summed E-state index contributed by atoms with van der Waals surface area (Å²) < 4.78 is 0. The lowest BCUT2D eigenvalue weighted by atomic mass is 9.84. The van der Waals surface area contributed by atoms with Gasteiger partial charge in [-0.2, -0.15) is 10.2 Å². The van der Waals surface area contributed by atoms with Crippen LogP contribution in [-0.2, 0) is 0 Å². The van der Waals surface area contributed by atoms with Gasteiger partial charge in [0.1, 0.15) is 11.6 Å². The number of hydrogen-bond donors (Lipinski definition) is 4.